The summed E-state index contributed by atoms with van der Waals surface area (Å²) in [6, 6.07) is 13.7. The summed E-state index contributed by atoms with van der Waals surface area (Å²) in [5, 5.41) is 1.73. The maximum absolute atomic E-state index is 13.3. The Labute approximate surface area is 165 Å². The lowest BCUT2D eigenvalue weighted by molar-refractivity contribution is 0.0983. The van der Waals surface area contributed by atoms with E-state index in [-0.39, 0.29) is 17.1 Å². The first-order valence-electron chi connectivity index (χ1n) is 8.67. The number of rotatable bonds is 3. The number of carbonyl (C=O) groups excluding carboxylic acids is 1. The van der Waals surface area contributed by atoms with Gasteiger partial charge in [0, 0.05) is 21.7 Å². The van der Waals surface area contributed by atoms with Gasteiger partial charge in [-0.3, -0.25) is 4.79 Å². The average molecular weight is 404 g/mol. The molecule has 142 valence electrons. The highest BCUT2D eigenvalue weighted by atomic mass is 35.5. The van der Waals surface area contributed by atoms with Gasteiger partial charge in [-0.25, -0.2) is 8.42 Å². The van der Waals surface area contributed by atoms with Crippen molar-refractivity contribution >= 4 is 33.0 Å². The maximum atomic E-state index is 13.3. The van der Waals surface area contributed by atoms with Crippen LogP contribution in [0.15, 0.2) is 60.0 Å². The molecule has 2 aromatic rings. The SMILES string of the molecule is CC(C)(C)c1ccc(C(=O)N(c2ccc(Cl)cc2)[C@H]2C=CS(=O)(=O)C2)cc1. The maximum Gasteiger partial charge on any atom is 0.258 e. The summed E-state index contributed by atoms with van der Waals surface area (Å²) in [7, 11) is -3.30. The van der Waals surface area contributed by atoms with Gasteiger partial charge in [0.15, 0.2) is 9.84 Å². The number of sulfone groups is 1. The monoisotopic (exact) mass is 403 g/mol. The van der Waals surface area contributed by atoms with Gasteiger partial charge in [-0.1, -0.05) is 44.5 Å². The van der Waals surface area contributed by atoms with Crippen molar-refractivity contribution < 1.29 is 13.2 Å². The molecule has 0 bridgehead atoms. The molecule has 1 aliphatic heterocycles. The fourth-order valence-corrected chi connectivity index (χ4v) is 4.43. The molecule has 0 saturated heterocycles. The number of halogens is 1. The van der Waals surface area contributed by atoms with E-state index in [9.17, 15) is 13.2 Å². The first-order valence-corrected chi connectivity index (χ1v) is 10.8. The lowest BCUT2D eigenvalue weighted by Gasteiger charge is -2.28. The van der Waals surface area contributed by atoms with Crippen molar-refractivity contribution in [1.82, 2.24) is 0 Å². The predicted molar refractivity (Wildman–Crippen MR) is 110 cm³/mol. The summed E-state index contributed by atoms with van der Waals surface area (Å²) in [5.41, 5.74) is 2.23. The van der Waals surface area contributed by atoms with Gasteiger partial charge in [-0.05, 0) is 53.5 Å². The molecule has 6 heteroatoms. The summed E-state index contributed by atoms with van der Waals surface area (Å²) in [4.78, 5) is 14.8. The van der Waals surface area contributed by atoms with Crippen LogP contribution >= 0.6 is 11.6 Å². The molecule has 0 saturated carbocycles. The van der Waals surface area contributed by atoms with E-state index in [1.807, 2.05) is 12.1 Å². The molecule has 0 unspecified atom stereocenters. The lowest BCUT2D eigenvalue weighted by Crippen LogP contribution is -2.41. The zero-order valence-electron chi connectivity index (χ0n) is 15.5. The second-order valence-electron chi connectivity index (χ2n) is 7.70. The zero-order chi connectivity index (χ0) is 19.8. The topological polar surface area (TPSA) is 54.5 Å². The summed E-state index contributed by atoms with van der Waals surface area (Å²) in [6.07, 6.45) is 1.56. The molecule has 1 atom stereocenters. The van der Waals surface area contributed by atoms with Crippen molar-refractivity contribution in [2.75, 3.05) is 10.7 Å². The number of amides is 1. The number of hydrogen-bond donors (Lipinski definition) is 0. The number of benzene rings is 2. The van der Waals surface area contributed by atoms with E-state index in [1.165, 1.54) is 10.3 Å². The Hall–Kier alpha value is -2.11. The molecule has 27 heavy (non-hydrogen) atoms. The molecular formula is C21H22ClNO3S. The van der Waals surface area contributed by atoms with Crippen LogP contribution in [-0.2, 0) is 15.3 Å². The number of anilines is 1. The largest absolute Gasteiger partial charge is 0.300 e. The number of nitrogens with zero attached hydrogens (tertiary/aromatic N) is 1. The second kappa shape index (κ2) is 7.13. The molecule has 1 aliphatic rings. The van der Waals surface area contributed by atoms with Gasteiger partial charge in [-0.2, -0.15) is 0 Å². The smallest absolute Gasteiger partial charge is 0.258 e. The van der Waals surface area contributed by atoms with Gasteiger partial charge in [-0.15, -0.1) is 0 Å². The average Bonchev–Trinajstić information content (AvgIpc) is 2.95. The molecule has 1 amide bonds. The highest BCUT2D eigenvalue weighted by Gasteiger charge is 2.32. The van der Waals surface area contributed by atoms with Gasteiger partial charge >= 0.3 is 0 Å². The lowest BCUT2D eigenvalue weighted by atomic mass is 9.86. The summed E-state index contributed by atoms with van der Waals surface area (Å²) < 4.78 is 23.8. The molecule has 0 fully saturated rings. The van der Waals surface area contributed by atoms with Crippen molar-refractivity contribution in [1.29, 1.82) is 0 Å². The van der Waals surface area contributed by atoms with E-state index in [0.29, 0.717) is 16.3 Å². The molecular weight excluding hydrogens is 382 g/mol. The quantitative estimate of drug-likeness (QED) is 0.752. The summed E-state index contributed by atoms with van der Waals surface area (Å²) in [6.45, 7) is 6.33. The van der Waals surface area contributed by atoms with Gasteiger partial charge in [0.1, 0.15) is 0 Å². The van der Waals surface area contributed by atoms with E-state index < -0.39 is 15.9 Å². The number of carbonyl (C=O) groups is 1. The molecule has 0 spiro atoms. The molecule has 0 N–H and O–H groups in total. The molecule has 4 nitrogen and oxygen atoms in total. The molecule has 0 aliphatic carbocycles. The Kier molecular flexibility index (Phi) is 5.19. The van der Waals surface area contributed by atoms with Crippen molar-refractivity contribution in [2.45, 2.75) is 32.2 Å². The van der Waals surface area contributed by atoms with Crippen LogP contribution in [0.3, 0.4) is 0 Å². The first-order chi connectivity index (χ1) is 12.6. The Morgan fingerprint density at radius 1 is 1.04 bits per heavy atom. The zero-order valence-corrected chi connectivity index (χ0v) is 17.1. The number of hydrogen-bond acceptors (Lipinski definition) is 3. The third-order valence-corrected chi connectivity index (χ3v) is 6.19. The standard InChI is InChI=1S/C21H22ClNO3S/c1-21(2,3)16-6-4-15(5-7-16)20(24)23(18-10-8-17(22)9-11-18)19-12-13-27(25,26)14-19/h4-13,19H,14H2,1-3H3/t19-/m0/s1. The van der Waals surface area contributed by atoms with Crippen LogP contribution in [0.4, 0.5) is 5.69 Å². The Balaban J connectivity index is 1.98. The van der Waals surface area contributed by atoms with Crippen LogP contribution in [0.25, 0.3) is 0 Å². The van der Waals surface area contributed by atoms with Gasteiger partial charge in [0.2, 0.25) is 0 Å². The van der Waals surface area contributed by atoms with Crippen molar-refractivity contribution in [3.63, 3.8) is 0 Å². The van der Waals surface area contributed by atoms with E-state index in [0.717, 1.165) is 5.56 Å². The second-order valence-corrected chi connectivity index (χ2v) is 10.1. The van der Waals surface area contributed by atoms with E-state index in [2.05, 4.69) is 20.8 Å². The van der Waals surface area contributed by atoms with E-state index >= 15 is 0 Å². The Bertz CT molecular complexity index is 972. The predicted octanol–water partition coefficient (Wildman–Crippen LogP) is 4.60. The Morgan fingerprint density at radius 3 is 2.11 bits per heavy atom. The van der Waals surface area contributed by atoms with Crippen LogP contribution in [0.1, 0.15) is 36.7 Å². The highest BCUT2D eigenvalue weighted by molar-refractivity contribution is 7.94. The minimum Gasteiger partial charge on any atom is -0.300 e. The summed E-state index contributed by atoms with van der Waals surface area (Å²) >= 11 is 5.96. The van der Waals surface area contributed by atoms with Crippen LogP contribution in [0.2, 0.25) is 5.02 Å². The van der Waals surface area contributed by atoms with Crippen LogP contribution in [0.5, 0.6) is 0 Å². The first kappa shape index (κ1) is 19.6. The molecule has 0 aromatic heterocycles. The minimum atomic E-state index is -3.30. The third kappa shape index (κ3) is 4.42. The van der Waals surface area contributed by atoms with E-state index in [1.54, 1.807) is 42.5 Å². The van der Waals surface area contributed by atoms with Gasteiger partial charge in [0.05, 0.1) is 11.8 Å². The fourth-order valence-electron chi connectivity index (χ4n) is 3.03. The molecule has 2 aromatic carbocycles. The normalized spacial score (nSPS) is 18.4. The van der Waals surface area contributed by atoms with Gasteiger partial charge < -0.3 is 4.90 Å². The third-order valence-electron chi connectivity index (χ3n) is 4.56. The summed E-state index contributed by atoms with van der Waals surface area (Å²) in [5.74, 6) is -0.369. The van der Waals surface area contributed by atoms with Crippen LogP contribution < -0.4 is 4.90 Å². The van der Waals surface area contributed by atoms with Gasteiger partial charge in [0.25, 0.3) is 5.91 Å². The van der Waals surface area contributed by atoms with Crippen molar-refractivity contribution in [3.05, 3.63) is 76.2 Å². The van der Waals surface area contributed by atoms with Crippen LogP contribution in [-0.4, -0.2) is 26.1 Å². The minimum absolute atomic E-state index is 0.0142. The Morgan fingerprint density at radius 2 is 1.63 bits per heavy atom. The van der Waals surface area contributed by atoms with Crippen molar-refractivity contribution in [2.24, 2.45) is 0 Å². The van der Waals surface area contributed by atoms with E-state index in [4.69, 9.17) is 11.6 Å². The van der Waals surface area contributed by atoms with Crippen LogP contribution in [0, 0.1) is 0 Å². The highest BCUT2D eigenvalue weighted by Crippen LogP contribution is 2.27. The fraction of sp³-hybridized carbons (Fsp3) is 0.286. The molecule has 1 heterocycles. The molecule has 3 rings (SSSR count). The molecule has 0 radical (unpaired) electrons. The van der Waals surface area contributed by atoms with Crippen molar-refractivity contribution in [3.8, 4) is 0 Å².